The summed E-state index contributed by atoms with van der Waals surface area (Å²) < 4.78 is 1.62. The van der Waals surface area contributed by atoms with Gasteiger partial charge in [-0.1, -0.05) is 0 Å². The van der Waals surface area contributed by atoms with Gasteiger partial charge in [0.25, 0.3) is 0 Å². The van der Waals surface area contributed by atoms with E-state index in [0.29, 0.717) is 5.56 Å². The van der Waals surface area contributed by atoms with Gasteiger partial charge in [0.1, 0.15) is 0 Å². The molecule has 2 aromatic rings. The van der Waals surface area contributed by atoms with E-state index in [9.17, 15) is 4.79 Å². The number of carbonyl (C=O) groups is 1. The fraction of sp³-hybridized carbons (Fsp3) is 0.167. The molecular formula is C12H12N2OS. The zero-order valence-electron chi connectivity index (χ0n) is 9.18. The van der Waals surface area contributed by atoms with Gasteiger partial charge in [0.15, 0.2) is 5.78 Å². The maximum absolute atomic E-state index is 11.7. The molecule has 0 unspecified atom stereocenters. The van der Waals surface area contributed by atoms with Gasteiger partial charge in [-0.05, 0) is 31.2 Å². The Labute approximate surface area is 98.0 Å². The third-order valence-electron chi connectivity index (χ3n) is 2.15. The van der Waals surface area contributed by atoms with Gasteiger partial charge < -0.3 is 0 Å². The van der Waals surface area contributed by atoms with Crippen molar-refractivity contribution < 1.29 is 4.79 Å². The fourth-order valence-electron chi connectivity index (χ4n) is 1.35. The first-order chi connectivity index (χ1) is 7.65. The van der Waals surface area contributed by atoms with Crippen LogP contribution in [-0.2, 0) is 7.05 Å². The highest BCUT2D eigenvalue weighted by molar-refractivity contribution is 7.12. The van der Waals surface area contributed by atoms with Crippen LogP contribution in [0.4, 0.5) is 0 Å². The molecule has 0 fully saturated rings. The number of rotatable bonds is 3. The summed E-state index contributed by atoms with van der Waals surface area (Å²) in [5.74, 6) is -0.0147. The van der Waals surface area contributed by atoms with Crippen molar-refractivity contribution in [3.63, 3.8) is 0 Å². The molecule has 2 heterocycles. The molecule has 0 saturated carbocycles. The fourth-order valence-corrected chi connectivity index (χ4v) is 2.13. The molecule has 0 saturated heterocycles. The quantitative estimate of drug-likeness (QED) is 0.602. The molecule has 0 bridgehead atoms. The van der Waals surface area contributed by atoms with Crippen LogP contribution in [0.3, 0.4) is 0 Å². The Bertz CT molecular complexity index is 537. The van der Waals surface area contributed by atoms with Gasteiger partial charge >= 0.3 is 0 Å². The molecule has 0 spiro atoms. The van der Waals surface area contributed by atoms with Crippen LogP contribution in [0.15, 0.2) is 30.6 Å². The summed E-state index contributed by atoms with van der Waals surface area (Å²) in [5, 5.41) is 3.96. The van der Waals surface area contributed by atoms with Crippen LogP contribution < -0.4 is 0 Å². The second-order valence-electron chi connectivity index (χ2n) is 3.55. The van der Waals surface area contributed by atoms with Crippen molar-refractivity contribution in [2.45, 2.75) is 6.92 Å². The van der Waals surface area contributed by atoms with Gasteiger partial charge in [-0.25, -0.2) is 0 Å². The molecule has 82 valence electrons. The predicted molar refractivity (Wildman–Crippen MR) is 65.6 cm³/mol. The predicted octanol–water partition coefficient (Wildman–Crippen LogP) is 2.69. The van der Waals surface area contributed by atoms with Crippen molar-refractivity contribution >= 4 is 23.2 Å². The molecule has 0 aromatic carbocycles. The second kappa shape index (κ2) is 4.45. The van der Waals surface area contributed by atoms with E-state index in [1.807, 2.05) is 25.1 Å². The van der Waals surface area contributed by atoms with Crippen molar-refractivity contribution in [1.82, 2.24) is 9.78 Å². The monoisotopic (exact) mass is 232 g/mol. The molecule has 4 heteroatoms. The zero-order valence-corrected chi connectivity index (χ0v) is 9.99. The Morgan fingerprint density at radius 3 is 2.88 bits per heavy atom. The molecule has 0 amide bonds. The molecular weight excluding hydrogens is 220 g/mol. The number of ketones is 1. The molecule has 0 aliphatic carbocycles. The van der Waals surface area contributed by atoms with Crippen molar-refractivity contribution in [1.29, 1.82) is 0 Å². The largest absolute Gasteiger partial charge is 0.289 e. The van der Waals surface area contributed by atoms with Gasteiger partial charge in [0.05, 0.1) is 11.8 Å². The lowest BCUT2D eigenvalue weighted by atomic mass is 10.2. The minimum absolute atomic E-state index is 0.0147. The second-order valence-corrected chi connectivity index (χ2v) is 4.87. The molecule has 0 radical (unpaired) electrons. The number of carbonyl (C=O) groups excluding carboxylic acids is 1. The maximum Gasteiger partial charge on any atom is 0.189 e. The highest BCUT2D eigenvalue weighted by Gasteiger charge is 2.03. The normalized spacial score (nSPS) is 11.1. The van der Waals surface area contributed by atoms with E-state index in [2.05, 4.69) is 5.10 Å². The topological polar surface area (TPSA) is 34.9 Å². The standard InChI is InChI=1S/C12H12N2OS/c1-9-3-4-11(16-9)5-6-12(15)10-7-13-14(2)8-10/h3-8H,1-2H3/b6-5+. The third-order valence-corrected chi connectivity index (χ3v) is 3.12. The van der Waals surface area contributed by atoms with Crippen LogP contribution >= 0.6 is 11.3 Å². The number of allylic oxidation sites excluding steroid dienone is 1. The van der Waals surface area contributed by atoms with Crippen molar-refractivity contribution in [3.05, 3.63) is 45.9 Å². The van der Waals surface area contributed by atoms with E-state index in [1.54, 1.807) is 41.5 Å². The van der Waals surface area contributed by atoms with Crippen molar-refractivity contribution in [2.24, 2.45) is 7.05 Å². The van der Waals surface area contributed by atoms with Crippen LogP contribution in [0.25, 0.3) is 6.08 Å². The first-order valence-corrected chi connectivity index (χ1v) is 5.74. The van der Waals surface area contributed by atoms with Gasteiger partial charge in [0, 0.05) is 23.0 Å². The summed E-state index contributed by atoms with van der Waals surface area (Å²) >= 11 is 1.67. The first kappa shape index (κ1) is 10.8. The highest BCUT2D eigenvalue weighted by Crippen LogP contribution is 2.16. The number of hydrogen-bond donors (Lipinski definition) is 0. The van der Waals surface area contributed by atoms with E-state index in [4.69, 9.17) is 0 Å². The van der Waals surface area contributed by atoms with Crippen molar-refractivity contribution in [3.8, 4) is 0 Å². The van der Waals surface area contributed by atoms with Crippen LogP contribution in [0, 0.1) is 6.92 Å². The lowest BCUT2D eigenvalue weighted by Gasteiger charge is -1.87. The molecule has 2 aromatic heterocycles. The Hall–Kier alpha value is -1.68. The summed E-state index contributed by atoms with van der Waals surface area (Å²) in [7, 11) is 1.79. The van der Waals surface area contributed by atoms with E-state index < -0.39 is 0 Å². The number of nitrogens with zero attached hydrogens (tertiary/aromatic N) is 2. The van der Waals surface area contributed by atoms with Gasteiger partial charge in [-0.2, -0.15) is 5.10 Å². The summed E-state index contributed by atoms with van der Waals surface area (Å²) in [5.41, 5.74) is 0.618. The zero-order chi connectivity index (χ0) is 11.5. The minimum Gasteiger partial charge on any atom is -0.289 e. The Kier molecular flexibility index (Phi) is 3.01. The van der Waals surface area contributed by atoms with Crippen molar-refractivity contribution in [2.75, 3.05) is 0 Å². The lowest BCUT2D eigenvalue weighted by molar-refractivity contribution is 0.104. The number of thiophene rings is 1. The molecule has 2 rings (SSSR count). The van der Waals surface area contributed by atoms with Gasteiger partial charge in [0.2, 0.25) is 0 Å². The minimum atomic E-state index is -0.0147. The Morgan fingerprint density at radius 2 is 2.31 bits per heavy atom. The summed E-state index contributed by atoms with van der Waals surface area (Å²) in [6, 6.07) is 4.05. The first-order valence-electron chi connectivity index (χ1n) is 4.92. The summed E-state index contributed by atoms with van der Waals surface area (Å²) in [6.07, 6.45) is 6.72. The summed E-state index contributed by atoms with van der Waals surface area (Å²) in [4.78, 5) is 14.0. The molecule has 0 N–H and O–H groups in total. The van der Waals surface area contributed by atoms with Crippen LogP contribution in [0.5, 0.6) is 0 Å². The molecule has 0 atom stereocenters. The van der Waals surface area contributed by atoms with Crippen LogP contribution in [0.2, 0.25) is 0 Å². The van der Waals surface area contributed by atoms with E-state index >= 15 is 0 Å². The molecule has 0 aliphatic rings. The average molecular weight is 232 g/mol. The maximum atomic E-state index is 11.7. The average Bonchev–Trinajstić information content (AvgIpc) is 2.84. The highest BCUT2D eigenvalue weighted by atomic mass is 32.1. The smallest absolute Gasteiger partial charge is 0.189 e. The van der Waals surface area contributed by atoms with E-state index in [0.717, 1.165) is 4.88 Å². The molecule has 16 heavy (non-hydrogen) atoms. The number of hydrogen-bond acceptors (Lipinski definition) is 3. The van der Waals surface area contributed by atoms with Crippen LogP contribution in [-0.4, -0.2) is 15.6 Å². The molecule has 0 aliphatic heterocycles. The third kappa shape index (κ3) is 2.46. The van der Waals surface area contributed by atoms with Gasteiger partial charge in [-0.15, -0.1) is 11.3 Å². The number of aryl methyl sites for hydroxylation is 2. The van der Waals surface area contributed by atoms with Gasteiger partial charge in [-0.3, -0.25) is 9.48 Å². The van der Waals surface area contributed by atoms with E-state index in [-0.39, 0.29) is 5.78 Å². The lowest BCUT2D eigenvalue weighted by Crippen LogP contribution is -1.91. The van der Waals surface area contributed by atoms with E-state index in [1.165, 1.54) is 4.88 Å². The number of aromatic nitrogens is 2. The van der Waals surface area contributed by atoms with Crippen LogP contribution in [0.1, 0.15) is 20.1 Å². The molecule has 3 nitrogen and oxygen atoms in total. The Balaban J connectivity index is 2.10. The summed E-state index contributed by atoms with van der Waals surface area (Å²) in [6.45, 7) is 2.05. The SMILES string of the molecule is Cc1ccc(/C=C/C(=O)c2cnn(C)c2)s1. The Morgan fingerprint density at radius 1 is 1.50 bits per heavy atom.